The molecule has 22 heavy (non-hydrogen) atoms. The SMILES string of the molecule is [O-]C(=NC1=CC=CC1)c1cc2ccccc2c2ccccc12. The number of benzene rings is 3. The van der Waals surface area contributed by atoms with Crippen LogP contribution in [0.2, 0.25) is 0 Å². The maximum Gasteiger partial charge on any atom is 0.0434 e. The summed E-state index contributed by atoms with van der Waals surface area (Å²) in [5.74, 6) is -0.170. The van der Waals surface area contributed by atoms with Gasteiger partial charge in [-0.2, -0.15) is 0 Å². The molecule has 0 atom stereocenters. The van der Waals surface area contributed by atoms with Crippen molar-refractivity contribution in [1.82, 2.24) is 0 Å². The number of hydrogen-bond donors (Lipinski definition) is 0. The van der Waals surface area contributed by atoms with Gasteiger partial charge in [-0.25, -0.2) is 0 Å². The van der Waals surface area contributed by atoms with Crippen molar-refractivity contribution in [1.29, 1.82) is 0 Å². The van der Waals surface area contributed by atoms with Gasteiger partial charge in [-0.05, 0) is 45.1 Å². The summed E-state index contributed by atoms with van der Waals surface area (Å²) in [6.07, 6.45) is 6.56. The second-order valence-electron chi connectivity index (χ2n) is 5.40. The van der Waals surface area contributed by atoms with Gasteiger partial charge in [0, 0.05) is 12.1 Å². The molecule has 0 radical (unpaired) electrons. The summed E-state index contributed by atoms with van der Waals surface area (Å²) in [6, 6.07) is 18.1. The zero-order valence-corrected chi connectivity index (χ0v) is 12.0. The van der Waals surface area contributed by atoms with E-state index in [9.17, 15) is 5.11 Å². The molecule has 0 aromatic heterocycles. The summed E-state index contributed by atoms with van der Waals surface area (Å²) in [6.45, 7) is 0. The van der Waals surface area contributed by atoms with Gasteiger partial charge in [-0.15, -0.1) is 0 Å². The van der Waals surface area contributed by atoms with Crippen LogP contribution >= 0.6 is 0 Å². The Morgan fingerprint density at radius 1 is 0.909 bits per heavy atom. The summed E-state index contributed by atoms with van der Waals surface area (Å²) >= 11 is 0. The molecule has 0 saturated heterocycles. The van der Waals surface area contributed by atoms with E-state index in [-0.39, 0.29) is 5.90 Å². The maximum atomic E-state index is 12.6. The summed E-state index contributed by atoms with van der Waals surface area (Å²) in [5.41, 5.74) is 1.49. The molecule has 1 aliphatic carbocycles. The van der Waals surface area contributed by atoms with E-state index in [1.807, 2.05) is 60.7 Å². The maximum absolute atomic E-state index is 12.6. The van der Waals surface area contributed by atoms with E-state index in [1.165, 1.54) is 0 Å². The quantitative estimate of drug-likeness (QED) is 0.399. The number of aliphatic imine (C=N–C) groups is 1. The van der Waals surface area contributed by atoms with Crippen molar-refractivity contribution < 1.29 is 5.11 Å². The van der Waals surface area contributed by atoms with E-state index in [0.717, 1.165) is 33.7 Å². The van der Waals surface area contributed by atoms with Crippen molar-refractivity contribution in [2.75, 3.05) is 0 Å². The molecule has 3 aromatic carbocycles. The van der Waals surface area contributed by atoms with E-state index in [1.54, 1.807) is 0 Å². The number of nitrogens with zero attached hydrogens (tertiary/aromatic N) is 1. The molecule has 3 aromatic rings. The van der Waals surface area contributed by atoms with Gasteiger partial charge in [-0.1, -0.05) is 60.7 Å². The van der Waals surface area contributed by atoms with Crippen LogP contribution in [0.5, 0.6) is 0 Å². The Hall–Kier alpha value is -2.87. The van der Waals surface area contributed by atoms with Gasteiger partial charge in [0.15, 0.2) is 0 Å². The molecule has 0 saturated carbocycles. The predicted molar refractivity (Wildman–Crippen MR) is 89.8 cm³/mol. The molecular formula is C20H14NO-. The van der Waals surface area contributed by atoms with Gasteiger partial charge in [-0.3, -0.25) is 4.99 Å². The normalized spacial score (nSPS) is 14.7. The minimum Gasteiger partial charge on any atom is -0.858 e. The van der Waals surface area contributed by atoms with Crippen LogP contribution < -0.4 is 5.11 Å². The highest BCUT2D eigenvalue weighted by Crippen LogP contribution is 2.28. The zero-order chi connectivity index (χ0) is 14.9. The first-order valence-corrected chi connectivity index (χ1v) is 7.35. The molecule has 4 rings (SSSR count). The lowest BCUT2D eigenvalue weighted by molar-refractivity contribution is -0.212. The molecule has 2 heteroatoms. The summed E-state index contributed by atoms with van der Waals surface area (Å²) in [4.78, 5) is 4.26. The fourth-order valence-electron chi connectivity index (χ4n) is 2.94. The largest absolute Gasteiger partial charge is 0.858 e. The molecule has 0 N–H and O–H groups in total. The predicted octanol–water partition coefficient (Wildman–Crippen LogP) is 3.94. The fraction of sp³-hybridized carbons (Fsp3) is 0.0500. The fourth-order valence-corrected chi connectivity index (χ4v) is 2.94. The molecule has 0 unspecified atom stereocenters. The smallest absolute Gasteiger partial charge is 0.0434 e. The third-order valence-corrected chi connectivity index (χ3v) is 4.00. The van der Waals surface area contributed by atoms with Crippen molar-refractivity contribution >= 4 is 27.4 Å². The lowest BCUT2D eigenvalue weighted by atomic mass is 9.97. The number of hydrogen-bond acceptors (Lipinski definition) is 2. The molecule has 0 aliphatic heterocycles. The third kappa shape index (κ3) is 2.09. The Bertz CT molecular complexity index is 964. The minimum atomic E-state index is -0.170. The molecule has 0 heterocycles. The molecular weight excluding hydrogens is 270 g/mol. The van der Waals surface area contributed by atoms with E-state index in [0.29, 0.717) is 5.56 Å². The molecule has 0 bridgehead atoms. The highest BCUT2D eigenvalue weighted by Gasteiger charge is 2.07. The number of allylic oxidation sites excluding steroid dienone is 3. The van der Waals surface area contributed by atoms with Crippen molar-refractivity contribution in [3.63, 3.8) is 0 Å². The second kappa shape index (κ2) is 5.15. The van der Waals surface area contributed by atoms with Crippen LogP contribution in [-0.2, 0) is 0 Å². The van der Waals surface area contributed by atoms with Crippen LogP contribution in [0.15, 0.2) is 83.5 Å². The van der Waals surface area contributed by atoms with Gasteiger partial charge in [0.2, 0.25) is 0 Å². The molecule has 106 valence electrons. The lowest BCUT2D eigenvalue weighted by Crippen LogP contribution is -2.19. The first kappa shape index (κ1) is 12.8. The highest BCUT2D eigenvalue weighted by molar-refractivity contribution is 6.16. The number of fused-ring (bicyclic) bond motifs is 3. The lowest BCUT2D eigenvalue weighted by Gasteiger charge is -2.16. The average molecular weight is 284 g/mol. The molecule has 0 amide bonds. The molecule has 2 nitrogen and oxygen atoms in total. The van der Waals surface area contributed by atoms with Crippen LogP contribution in [0.4, 0.5) is 0 Å². The summed E-state index contributed by atoms with van der Waals surface area (Å²) in [7, 11) is 0. The second-order valence-corrected chi connectivity index (χ2v) is 5.40. The average Bonchev–Trinajstić information content (AvgIpc) is 3.07. The van der Waals surface area contributed by atoms with E-state index in [2.05, 4.69) is 17.1 Å². The highest BCUT2D eigenvalue weighted by atomic mass is 16.3. The van der Waals surface area contributed by atoms with E-state index < -0.39 is 0 Å². The monoisotopic (exact) mass is 284 g/mol. The summed E-state index contributed by atoms with van der Waals surface area (Å²) in [5, 5.41) is 16.9. The van der Waals surface area contributed by atoms with Crippen molar-refractivity contribution in [2.24, 2.45) is 4.99 Å². The van der Waals surface area contributed by atoms with Crippen LogP contribution in [0.1, 0.15) is 12.0 Å². The van der Waals surface area contributed by atoms with Crippen molar-refractivity contribution in [3.8, 4) is 0 Å². The zero-order valence-electron chi connectivity index (χ0n) is 12.0. The molecule has 0 fully saturated rings. The Morgan fingerprint density at radius 3 is 2.41 bits per heavy atom. The summed E-state index contributed by atoms with van der Waals surface area (Å²) < 4.78 is 0. The minimum absolute atomic E-state index is 0.170. The Balaban J connectivity index is 1.99. The Morgan fingerprint density at radius 2 is 1.64 bits per heavy atom. The van der Waals surface area contributed by atoms with E-state index in [4.69, 9.17) is 0 Å². The van der Waals surface area contributed by atoms with Gasteiger partial charge in [0.05, 0.1) is 0 Å². The van der Waals surface area contributed by atoms with Crippen LogP contribution in [0, 0.1) is 0 Å². The van der Waals surface area contributed by atoms with Gasteiger partial charge >= 0.3 is 0 Å². The Labute approximate surface area is 128 Å². The number of rotatable bonds is 2. The van der Waals surface area contributed by atoms with Crippen LogP contribution in [0.25, 0.3) is 21.5 Å². The molecule has 0 spiro atoms. The van der Waals surface area contributed by atoms with E-state index >= 15 is 0 Å². The first-order chi connectivity index (χ1) is 10.8. The first-order valence-electron chi connectivity index (χ1n) is 7.35. The van der Waals surface area contributed by atoms with Crippen molar-refractivity contribution in [2.45, 2.75) is 6.42 Å². The van der Waals surface area contributed by atoms with Gasteiger partial charge in [0.25, 0.3) is 0 Å². The van der Waals surface area contributed by atoms with Gasteiger partial charge in [0.1, 0.15) is 0 Å². The van der Waals surface area contributed by atoms with Crippen LogP contribution in [-0.4, -0.2) is 5.90 Å². The van der Waals surface area contributed by atoms with Gasteiger partial charge < -0.3 is 5.11 Å². The Kier molecular flexibility index (Phi) is 3.01. The van der Waals surface area contributed by atoms with Crippen molar-refractivity contribution in [3.05, 3.63) is 84.1 Å². The topological polar surface area (TPSA) is 35.4 Å². The standard InChI is InChI=1S/C20H15NO/c22-20(21-15-8-2-3-9-15)19-13-14-7-1-4-10-16(14)17-11-5-6-12-18(17)19/h1-8,10-13H,9H2,(H,21,22)/p-1. The molecule has 1 aliphatic rings. The van der Waals surface area contributed by atoms with Crippen LogP contribution in [0.3, 0.4) is 0 Å². The third-order valence-electron chi connectivity index (χ3n) is 4.00.